The molecule has 164 valence electrons. The molecule has 32 heavy (non-hydrogen) atoms. The van der Waals surface area contributed by atoms with Gasteiger partial charge in [0.2, 0.25) is 5.78 Å². The third kappa shape index (κ3) is 5.03. The quantitative estimate of drug-likeness (QED) is 0.308. The number of ether oxygens (including phenoxy) is 2. The van der Waals surface area contributed by atoms with E-state index < -0.39 is 23.4 Å². The summed E-state index contributed by atoms with van der Waals surface area (Å²) >= 11 is 0. The van der Waals surface area contributed by atoms with Crippen LogP contribution in [0.15, 0.2) is 72.8 Å². The van der Waals surface area contributed by atoms with Crippen LogP contribution in [0, 0.1) is 0 Å². The zero-order valence-corrected chi connectivity index (χ0v) is 18.3. The summed E-state index contributed by atoms with van der Waals surface area (Å²) in [5.41, 5.74) is 2.17. The van der Waals surface area contributed by atoms with E-state index in [0.29, 0.717) is 34.7 Å². The van der Waals surface area contributed by atoms with E-state index in [1.165, 1.54) is 14.2 Å². The molecular formula is C26H25NO5. The van der Waals surface area contributed by atoms with Gasteiger partial charge >= 0.3 is 0 Å². The molecule has 1 unspecified atom stereocenters. The monoisotopic (exact) mass is 431 g/mol. The number of methoxy groups -OCH3 is 2. The number of anilines is 1. The van der Waals surface area contributed by atoms with Crippen LogP contribution < -0.4 is 14.8 Å². The highest BCUT2D eigenvalue weighted by atomic mass is 16.5. The zero-order chi connectivity index (χ0) is 23.1. The maximum Gasteiger partial charge on any atom is 0.292 e. The Hall–Kier alpha value is -3.93. The summed E-state index contributed by atoms with van der Waals surface area (Å²) in [5.74, 6) is -2.26. The number of rotatable bonds is 9. The zero-order valence-electron chi connectivity index (χ0n) is 18.3. The lowest BCUT2D eigenvalue weighted by Gasteiger charge is -2.17. The van der Waals surface area contributed by atoms with Crippen LogP contribution in [-0.4, -0.2) is 31.7 Å². The van der Waals surface area contributed by atoms with Gasteiger partial charge in [0, 0.05) is 11.3 Å². The topological polar surface area (TPSA) is 81.7 Å². The molecule has 3 rings (SSSR count). The number of hydrogen-bond acceptors (Lipinski definition) is 5. The number of aryl methyl sites for hydroxylation is 1. The van der Waals surface area contributed by atoms with Crippen molar-refractivity contribution in [2.75, 3.05) is 19.5 Å². The lowest BCUT2D eigenvalue weighted by atomic mass is 9.86. The number of Topliss-reactive ketones (excluding diaryl/α,β-unsaturated/α-hetero) is 2. The average Bonchev–Trinajstić information content (AvgIpc) is 2.84. The fraction of sp³-hybridized carbons (Fsp3) is 0.192. The molecule has 0 radical (unpaired) electrons. The number of ketones is 2. The van der Waals surface area contributed by atoms with E-state index in [1.54, 1.807) is 60.7 Å². The number of benzene rings is 3. The molecule has 0 spiro atoms. The summed E-state index contributed by atoms with van der Waals surface area (Å²) in [7, 11) is 3.05. The molecule has 1 N–H and O–H groups in total. The van der Waals surface area contributed by atoms with Gasteiger partial charge in [0.25, 0.3) is 5.91 Å². The number of amides is 1. The molecule has 0 aliphatic rings. The van der Waals surface area contributed by atoms with Crippen molar-refractivity contribution in [3.63, 3.8) is 0 Å². The molecule has 3 aromatic carbocycles. The van der Waals surface area contributed by atoms with E-state index in [0.717, 1.165) is 5.56 Å². The standard InChI is InChI=1S/C26H25NO5/c1-4-17-7-5-6-8-22(17)27-26(30)25(29)23(18-9-13-20(31-2)14-10-18)24(28)19-11-15-21(32-3)16-12-19/h5-16,23H,4H2,1-3H3,(H,27,30). The normalized spacial score (nSPS) is 11.3. The Morgan fingerprint density at radius 2 is 1.38 bits per heavy atom. The van der Waals surface area contributed by atoms with Crippen molar-refractivity contribution >= 4 is 23.2 Å². The van der Waals surface area contributed by atoms with Gasteiger partial charge in [-0.25, -0.2) is 0 Å². The Morgan fingerprint density at radius 3 is 1.94 bits per heavy atom. The second-order valence-corrected chi connectivity index (χ2v) is 7.13. The van der Waals surface area contributed by atoms with Gasteiger partial charge in [-0.15, -0.1) is 0 Å². The summed E-state index contributed by atoms with van der Waals surface area (Å²) in [6.07, 6.45) is 0.692. The third-order valence-corrected chi connectivity index (χ3v) is 5.22. The largest absolute Gasteiger partial charge is 0.497 e. The van der Waals surface area contributed by atoms with Crippen LogP contribution in [0.2, 0.25) is 0 Å². The van der Waals surface area contributed by atoms with Gasteiger partial charge < -0.3 is 14.8 Å². The van der Waals surface area contributed by atoms with E-state index in [1.807, 2.05) is 19.1 Å². The Morgan fingerprint density at radius 1 is 0.812 bits per heavy atom. The second kappa shape index (κ2) is 10.4. The number of carbonyl (C=O) groups is 3. The summed E-state index contributed by atoms with van der Waals surface area (Å²) in [4.78, 5) is 39.5. The molecule has 0 fully saturated rings. The smallest absolute Gasteiger partial charge is 0.292 e. The van der Waals surface area contributed by atoms with E-state index in [4.69, 9.17) is 9.47 Å². The second-order valence-electron chi connectivity index (χ2n) is 7.13. The van der Waals surface area contributed by atoms with Crippen molar-refractivity contribution in [1.29, 1.82) is 0 Å². The lowest BCUT2D eigenvalue weighted by Crippen LogP contribution is -2.33. The van der Waals surface area contributed by atoms with Crippen LogP contribution in [0.4, 0.5) is 5.69 Å². The van der Waals surface area contributed by atoms with Gasteiger partial charge in [0.15, 0.2) is 5.78 Å². The molecule has 1 amide bonds. The Bertz CT molecular complexity index is 1100. The first-order valence-electron chi connectivity index (χ1n) is 10.2. The van der Waals surface area contributed by atoms with Crippen molar-refractivity contribution in [3.05, 3.63) is 89.5 Å². The molecule has 6 nitrogen and oxygen atoms in total. The van der Waals surface area contributed by atoms with E-state index in [2.05, 4.69) is 5.32 Å². The number of para-hydroxylation sites is 1. The van der Waals surface area contributed by atoms with Crippen LogP contribution in [-0.2, 0) is 16.0 Å². The van der Waals surface area contributed by atoms with Crippen molar-refractivity contribution in [1.82, 2.24) is 0 Å². The third-order valence-electron chi connectivity index (χ3n) is 5.22. The molecule has 0 aliphatic carbocycles. The molecule has 6 heteroatoms. The van der Waals surface area contributed by atoms with Gasteiger partial charge in [-0.05, 0) is 60.0 Å². The molecule has 0 bridgehead atoms. The van der Waals surface area contributed by atoms with Gasteiger partial charge in [0.1, 0.15) is 17.4 Å². The van der Waals surface area contributed by atoms with Crippen molar-refractivity contribution in [3.8, 4) is 11.5 Å². The van der Waals surface area contributed by atoms with Crippen LogP contribution in [0.1, 0.15) is 34.3 Å². The molecule has 3 aromatic rings. The highest BCUT2D eigenvalue weighted by Gasteiger charge is 2.34. The summed E-state index contributed by atoms with van der Waals surface area (Å²) in [6.45, 7) is 1.96. The number of carbonyl (C=O) groups excluding carboxylic acids is 3. The Labute approximate surface area is 187 Å². The van der Waals surface area contributed by atoms with E-state index >= 15 is 0 Å². The summed E-state index contributed by atoms with van der Waals surface area (Å²) < 4.78 is 10.3. The first-order chi connectivity index (χ1) is 15.5. The maximum atomic E-state index is 13.3. The van der Waals surface area contributed by atoms with Crippen LogP contribution in [0.5, 0.6) is 11.5 Å². The first kappa shape index (κ1) is 22.7. The number of hydrogen-bond donors (Lipinski definition) is 1. The molecule has 0 saturated heterocycles. The minimum Gasteiger partial charge on any atom is -0.497 e. The molecule has 0 aromatic heterocycles. The summed E-state index contributed by atoms with van der Waals surface area (Å²) in [6, 6.07) is 20.2. The van der Waals surface area contributed by atoms with Gasteiger partial charge in [-0.2, -0.15) is 0 Å². The highest BCUT2D eigenvalue weighted by molar-refractivity contribution is 6.46. The van der Waals surface area contributed by atoms with Gasteiger partial charge in [0.05, 0.1) is 14.2 Å². The predicted octanol–water partition coefficient (Wildman–Crippen LogP) is 4.44. The van der Waals surface area contributed by atoms with Crippen LogP contribution in [0.25, 0.3) is 0 Å². The SMILES string of the molecule is CCc1ccccc1NC(=O)C(=O)C(C(=O)c1ccc(OC)cc1)c1ccc(OC)cc1. The molecule has 0 heterocycles. The van der Waals surface area contributed by atoms with Gasteiger partial charge in [-0.1, -0.05) is 37.3 Å². The highest BCUT2D eigenvalue weighted by Crippen LogP contribution is 2.26. The number of nitrogens with one attached hydrogen (secondary N) is 1. The fourth-order valence-corrected chi connectivity index (χ4v) is 3.41. The average molecular weight is 431 g/mol. The summed E-state index contributed by atoms with van der Waals surface area (Å²) in [5, 5.41) is 2.67. The van der Waals surface area contributed by atoms with E-state index in [9.17, 15) is 14.4 Å². The van der Waals surface area contributed by atoms with Gasteiger partial charge in [-0.3, -0.25) is 14.4 Å². The minimum atomic E-state index is -1.29. The van der Waals surface area contributed by atoms with Crippen molar-refractivity contribution in [2.45, 2.75) is 19.3 Å². The molecule has 0 saturated carbocycles. The van der Waals surface area contributed by atoms with Crippen LogP contribution in [0.3, 0.4) is 0 Å². The molecule has 0 aliphatic heterocycles. The Balaban J connectivity index is 1.95. The lowest BCUT2D eigenvalue weighted by molar-refractivity contribution is -0.135. The minimum absolute atomic E-state index is 0.307. The van der Waals surface area contributed by atoms with E-state index in [-0.39, 0.29) is 0 Å². The first-order valence-corrected chi connectivity index (χ1v) is 10.2. The molecular weight excluding hydrogens is 406 g/mol. The predicted molar refractivity (Wildman–Crippen MR) is 123 cm³/mol. The molecule has 1 atom stereocenters. The van der Waals surface area contributed by atoms with Crippen molar-refractivity contribution < 1.29 is 23.9 Å². The Kier molecular flexibility index (Phi) is 7.39. The fourth-order valence-electron chi connectivity index (χ4n) is 3.41. The van der Waals surface area contributed by atoms with Crippen molar-refractivity contribution in [2.24, 2.45) is 0 Å². The maximum absolute atomic E-state index is 13.3. The van der Waals surface area contributed by atoms with Crippen LogP contribution >= 0.6 is 0 Å².